The largest absolute Gasteiger partial charge is 0.495 e. The molecule has 0 unspecified atom stereocenters. The lowest BCUT2D eigenvalue weighted by molar-refractivity contribution is -0.134. The van der Waals surface area contributed by atoms with Crippen LogP contribution >= 0.6 is 0 Å². The first-order valence-corrected chi connectivity index (χ1v) is 11.5. The monoisotopic (exact) mass is 431 g/mol. The van der Waals surface area contributed by atoms with E-state index in [1.807, 2.05) is 44.3 Å². The van der Waals surface area contributed by atoms with Gasteiger partial charge in [-0.2, -0.15) is 4.72 Å². The van der Waals surface area contributed by atoms with E-state index in [1.165, 1.54) is 7.11 Å². The van der Waals surface area contributed by atoms with E-state index in [0.29, 0.717) is 13.1 Å². The summed E-state index contributed by atoms with van der Waals surface area (Å²) in [7, 11) is -0.531. The minimum Gasteiger partial charge on any atom is -0.495 e. The molecule has 0 spiro atoms. The third kappa shape index (κ3) is 5.38. The van der Waals surface area contributed by atoms with E-state index in [4.69, 9.17) is 4.74 Å². The number of benzene rings is 2. The molecule has 1 saturated heterocycles. The van der Waals surface area contributed by atoms with Gasteiger partial charge in [-0.1, -0.05) is 36.4 Å². The van der Waals surface area contributed by atoms with Crippen LogP contribution in [0.3, 0.4) is 0 Å². The number of nitrogens with zero attached hydrogens (tertiary/aromatic N) is 2. The van der Waals surface area contributed by atoms with Crippen molar-refractivity contribution in [3.05, 3.63) is 59.7 Å². The maximum absolute atomic E-state index is 13.3. The molecule has 1 aliphatic heterocycles. The van der Waals surface area contributed by atoms with Gasteiger partial charge in [-0.15, -0.1) is 0 Å². The third-order valence-corrected chi connectivity index (χ3v) is 6.79. The summed E-state index contributed by atoms with van der Waals surface area (Å²) in [6, 6.07) is 13.5. The Hall–Kier alpha value is -2.42. The first kappa shape index (κ1) is 22.3. The van der Waals surface area contributed by atoms with Crippen molar-refractivity contribution >= 4 is 15.9 Å². The maximum Gasteiger partial charge on any atom is 0.244 e. The summed E-state index contributed by atoms with van der Waals surface area (Å²) < 4.78 is 34.4. The summed E-state index contributed by atoms with van der Waals surface area (Å²) in [5.41, 5.74) is 1.69. The Morgan fingerprint density at radius 1 is 1.10 bits per heavy atom. The van der Waals surface area contributed by atoms with E-state index < -0.39 is 16.1 Å². The van der Waals surface area contributed by atoms with Crippen molar-refractivity contribution in [3.63, 3.8) is 0 Å². The molecule has 1 atom stereocenters. The Bertz CT molecular complexity index is 971. The van der Waals surface area contributed by atoms with Crippen molar-refractivity contribution in [2.75, 3.05) is 40.3 Å². The molecule has 2 aromatic rings. The zero-order chi connectivity index (χ0) is 21.7. The minimum absolute atomic E-state index is 0.0363. The van der Waals surface area contributed by atoms with E-state index in [0.717, 1.165) is 24.2 Å². The zero-order valence-electron chi connectivity index (χ0n) is 17.7. The van der Waals surface area contributed by atoms with Crippen LogP contribution in [-0.4, -0.2) is 70.5 Å². The number of likely N-dealkylation sites (N-methyl/N-ethyl adjacent to an activating group) is 1. The van der Waals surface area contributed by atoms with Crippen LogP contribution in [0.15, 0.2) is 53.4 Å². The van der Waals surface area contributed by atoms with E-state index >= 15 is 0 Å². The molecule has 1 amide bonds. The van der Waals surface area contributed by atoms with Crippen molar-refractivity contribution in [2.45, 2.75) is 24.3 Å². The van der Waals surface area contributed by atoms with Crippen LogP contribution in [0.5, 0.6) is 5.75 Å². The molecule has 0 radical (unpaired) electrons. The lowest BCUT2D eigenvalue weighted by Gasteiger charge is -2.34. The number of carbonyl (C=O) groups is 1. The number of piperazine rings is 1. The Balaban J connectivity index is 1.90. The Labute approximate surface area is 178 Å². The van der Waals surface area contributed by atoms with Crippen molar-refractivity contribution in [2.24, 2.45) is 0 Å². The second kappa shape index (κ2) is 9.59. The normalized spacial score (nSPS) is 16.3. The highest BCUT2D eigenvalue weighted by atomic mass is 32.2. The zero-order valence-corrected chi connectivity index (χ0v) is 18.5. The van der Waals surface area contributed by atoms with Gasteiger partial charge in [0.05, 0.1) is 7.11 Å². The standard InChI is InChI=1S/C22H29N3O4S/c1-17-9-10-20(29-3)21(15-17)30(27,28)23-19(16-18-7-5-4-6-8-18)22(26)25-13-11-24(2)12-14-25/h4-10,15,19,23H,11-14,16H2,1-3H3/t19-/m0/s1. The molecule has 0 aromatic heterocycles. The number of nitrogens with one attached hydrogen (secondary N) is 1. The number of hydrogen-bond donors (Lipinski definition) is 1. The van der Waals surface area contributed by atoms with Crippen LogP contribution in [0.2, 0.25) is 0 Å². The first-order chi connectivity index (χ1) is 14.3. The summed E-state index contributed by atoms with van der Waals surface area (Å²) in [4.78, 5) is 17.2. The van der Waals surface area contributed by atoms with Crippen LogP contribution in [0.4, 0.5) is 0 Å². The fourth-order valence-corrected chi connectivity index (χ4v) is 4.96. The number of amides is 1. The van der Waals surface area contributed by atoms with E-state index in [2.05, 4.69) is 9.62 Å². The molecule has 162 valence electrons. The quantitative estimate of drug-likeness (QED) is 0.722. The Morgan fingerprint density at radius 3 is 2.40 bits per heavy atom. The molecule has 3 rings (SSSR count). The second-order valence-electron chi connectivity index (χ2n) is 7.65. The highest BCUT2D eigenvalue weighted by Crippen LogP contribution is 2.25. The van der Waals surface area contributed by atoms with Gasteiger partial charge >= 0.3 is 0 Å². The summed E-state index contributed by atoms with van der Waals surface area (Å²) in [6.45, 7) is 4.51. The Morgan fingerprint density at radius 2 is 1.77 bits per heavy atom. The number of aryl methyl sites for hydroxylation is 1. The molecule has 1 heterocycles. The average molecular weight is 432 g/mol. The summed E-state index contributed by atoms with van der Waals surface area (Å²) >= 11 is 0. The number of rotatable bonds is 7. The topological polar surface area (TPSA) is 78.9 Å². The number of ether oxygens (including phenoxy) is 1. The van der Waals surface area contributed by atoms with E-state index in [9.17, 15) is 13.2 Å². The maximum atomic E-state index is 13.3. The number of methoxy groups -OCH3 is 1. The fourth-order valence-electron chi connectivity index (χ4n) is 3.52. The summed E-state index contributed by atoms with van der Waals surface area (Å²) in [5, 5.41) is 0. The van der Waals surface area contributed by atoms with Gasteiger partial charge < -0.3 is 14.5 Å². The molecular formula is C22H29N3O4S. The SMILES string of the molecule is COc1ccc(C)cc1S(=O)(=O)N[C@@H](Cc1ccccc1)C(=O)N1CCN(C)CC1. The van der Waals surface area contributed by atoms with Gasteiger partial charge in [0.2, 0.25) is 15.9 Å². The molecule has 8 heteroatoms. The average Bonchev–Trinajstić information content (AvgIpc) is 2.74. The molecule has 30 heavy (non-hydrogen) atoms. The van der Waals surface area contributed by atoms with Crippen molar-refractivity contribution in [1.29, 1.82) is 0 Å². The molecule has 1 fully saturated rings. The predicted molar refractivity (Wildman–Crippen MR) is 116 cm³/mol. The molecular weight excluding hydrogens is 402 g/mol. The summed E-state index contributed by atoms with van der Waals surface area (Å²) in [6.07, 6.45) is 0.277. The van der Waals surface area contributed by atoms with E-state index in [-0.39, 0.29) is 23.0 Å². The smallest absolute Gasteiger partial charge is 0.244 e. The highest BCUT2D eigenvalue weighted by Gasteiger charge is 2.32. The van der Waals surface area contributed by atoms with Gasteiger partial charge in [0.1, 0.15) is 16.7 Å². The highest BCUT2D eigenvalue weighted by molar-refractivity contribution is 7.89. The molecule has 0 aliphatic carbocycles. The number of carbonyl (C=O) groups excluding carboxylic acids is 1. The molecule has 7 nitrogen and oxygen atoms in total. The van der Waals surface area contributed by atoms with Gasteiger partial charge in [0.25, 0.3) is 0 Å². The van der Waals surface area contributed by atoms with Gasteiger partial charge in [0, 0.05) is 26.2 Å². The predicted octanol–water partition coefficient (Wildman–Crippen LogP) is 1.67. The van der Waals surface area contributed by atoms with Gasteiger partial charge in [-0.25, -0.2) is 8.42 Å². The van der Waals surface area contributed by atoms with Crippen molar-refractivity contribution < 1.29 is 17.9 Å². The van der Waals surface area contributed by atoms with Crippen LogP contribution < -0.4 is 9.46 Å². The number of sulfonamides is 1. The molecule has 0 bridgehead atoms. The minimum atomic E-state index is -3.97. The fraction of sp³-hybridized carbons (Fsp3) is 0.409. The van der Waals surface area contributed by atoms with Crippen molar-refractivity contribution in [3.8, 4) is 5.75 Å². The van der Waals surface area contributed by atoms with Gasteiger partial charge in [-0.05, 0) is 43.7 Å². The van der Waals surface area contributed by atoms with Crippen LogP contribution in [-0.2, 0) is 21.2 Å². The summed E-state index contributed by atoms with van der Waals surface area (Å²) in [5.74, 6) is 0.0424. The molecule has 1 N–H and O–H groups in total. The first-order valence-electron chi connectivity index (χ1n) is 9.98. The van der Waals surface area contributed by atoms with Gasteiger partial charge in [-0.3, -0.25) is 4.79 Å². The van der Waals surface area contributed by atoms with Crippen LogP contribution in [0, 0.1) is 6.92 Å². The third-order valence-electron chi connectivity index (χ3n) is 5.30. The Kier molecular flexibility index (Phi) is 7.12. The van der Waals surface area contributed by atoms with Crippen molar-refractivity contribution in [1.82, 2.24) is 14.5 Å². The lowest BCUT2D eigenvalue weighted by Crippen LogP contribution is -2.54. The molecule has 1 aliphatic rings. The van der Waals surface area contributed by atoms with E-state index in [1.54, 1.807) is 23.1 Å². The van der Waals surface area contributed by atoms with Crippen LogP contribution in [0.1, 0.15) is 11.1 Å². The lowest BCUT2D eigenvalue weighted by atomic mass is 10.1. The second-order valence-corrected chi connectivity index (χ2v) is 9.33. The molecule has 0 saturated carbocycles. The van der Waals surface area contributed by atoms with Gasteiger partial charge in [0.15, 0.2) is 0 Å². The molecule has 2 aromatic carbocycles. The van der Waals surface area contributed by atoms with Crippen LogP contribution in [0.25, 0.3) is 0 Å². The number of hydrogen-bond acceptors (Lipinski definition) is 5.